The van der Waals surface area contributed by atoms with Gasteiger partial charge in [-0.15, -0.1) is 0 Å². The lowest BCUT2D eigenvalue weighted by Gasteiger charge is -2.04. The van der Waals surface area contributed by atoms with Crippen LogP contribution in [0.25, 0.3) is 0 Å². The molecule has 0 bridgehead atoms. The van der Waals surface area contributed by atoms with E-state index in [1.54, 1.807) is 0 Å². The van der Waals surface area contributed by atoms with Gasteiger partial charge in [0.05, 0.1) is 6.54 Å². The van der Waals surface area contributed by atoms with E-state index in [9.17, 15) is 0 Å². The lowest BCUT2D eigenvalue weighted by atomic mass is 10.1. The summed E-state index contributed by atoms with van der Waals surface area (Å²) in [5, 5.41) is 0. The third kappa shape index (κ3) is 3.24. The number of ether oxygens (including phenoxy) is 1. The summed E-state index contributed by atoms with van der Waals surface area (Å²) in [7, 11) is 0. The van der Waals surface area contributed by atoms with Crippen molar-refractivity contribution in [2.75, 3.05) is 6.54 Å². The maximum absolute atomic E-state index is 5.49. The molecule has 0 radical (unpaired) electrons. The van der Waals surface area contributed by atoms with Gasteiger partial charge in [-0.3, -0.25) is 4.99 Å². The molecule has 0 aromatic rings. The Labute approximate surface area is 75.0 Å². The van der Waals surface area contributed by atoms with Crippen molar-refractivity contribution in [2.24, 2.45) is 4.99 Å². The number of hydrogen-bond donors (Lipinski definition) is 0. The predicted molar refractivity (Wildman–Crippen MR) is 51.6 cm³/mol. The van der Waals surface area contributed by atoms with Gasteiger partial charge in [0, 0.05) is 6.42 Å². The van der Waals surface area contributed by atoms with E-state index < -0.39 is 0 Å². The third-order valence-corrected chi connectivity index (χ3v) is 2.11. The Morgan fingerprint density at radius 3 is 2.83 bits per heavy atom. The fraction of sp³-hybridized carbons (Fsp3) is 0.900. The second-order valence-electron chi connectivity index (χ2n) is 3.47. The molecule has 1 rings (SSSR count). The Balaban J connectivity index is 2.00. The maximum atomic E-state index is 5.49. The molecule has 70 valence electrons. The van der Waals surface area contributed by atoms with Crippen LogP contribution in [0.1, 0.15) is 46.0 Å². The van der Waals surface area contributed by atoms with Crippen molar-refractivity contribution in [3.63, 3.8) is 0 Å². The molecular weight excluding hydrogens is 150 g/mol. The summed E-state index contributed by atoms with van der Waals surface area (Å²) in [5.74, 6) is 0.985. The summed E-state index contributed by atoms with van der Waals surface area (Å²) in [5.41, 5.74) is 0. The van der Waals surface area contributed by atoms with Gasteiger partial charge in [0.25, 0.3) is 0 Å². The molecule has 0 amide bonds. The fourth-order valence-corrected chi connectivity index (χ4v) is 1.38. The average molecular weight is 169 g/mol. The molecule has 0 aliphatic carbocycles. The lowest BCUT2D eigenvalue weighted by molar-refractivity contribution is 0.238. The standard InChI is InChI=1S/C10H19NO/c1-3-4-5-6-7-10-11-8-9(2)12-10/h9H,3-8H2,1-2H3. The lowest BCUT2D eigenvalue weighted by Crippen LogP contribution is -2.07. The van der Waals surface area contributed by atoms with Gasteiger partial charge in [0.15, 0.2) is 5.90 Å². The predicted octanol–water partition coefficient (Wildman–Crippen LogP) is 2.77. The van der Waals surface area contributed by atoms with Crippen LogP contribution in [0.5, 0.6) is 0 Å². The van der Waals surface area contributed by atoms with E-state index in [4.69, 9.17) is 4.74 Å². The van der Waals surface area contributed by atoms with Gasteiger partial charge in [-0.05, 0) is 13.3 Å². The highest BCUT2D eigenvalue weighted by Crippen LogP contribution is 2.10. The Hall–Kier alpha value is -0.530. The number of hydrogen-bond acceptors (Lipinski definition) is 2. The SMILES string of the molecule is CCCCCCC1=NCC(C)O1. The van der Waals surface area contributed by atoms with Crippen LogP contribution in [0.4, 0.5) is 0 Å². The first-order chi connectivity index (χ1) is 5.83. The summed E-state index contributed by atoms with van der Waals surface area (Å²) in [4.78, 5) is 4.31. The zero-order valence-electron chi connectivity index (χ0n) is 8.18. The summed E-state index contributed by atoms with van der Waals surface area (Å²) >= 11 is 0. The molecule has 1 unspecified atom stereocenters. The summed E-state index contributed by atoms with van der Waals surface area (Å²) in [6.07, 6.45) is 6.55. The Morgan fingerprint density at radius 2 is 2.25 bits per heavy atom. The Bertz CT molecular complexity index is 154. The minimum Gasteiger partial charge on any atom is -0.476 e. The van der Waals surface area contributed by atoms with Crippen LogP contribution < -0.4 is 0 Å². The second kappa shape index (κ2) is 5.18. The van der Waals surface area contributed by atoms with E-state index in [0.29, 0.717) is 6.10 Å². The number of aliphatic imine (C=N–C) groups is 1. The van der Waals surface area contributed by atoms with Crippen LogP contribution in [-0.4, -0.2) is 18.5 Å². The molecule has 0 spiro atoms. The Kier molecular flexibility index (Phi) is 4.12. The van der Waals surface area contributed by atoms with Gasteiger partial charge in [0.1, 0.15) is 6.10 Å². The van der Waals surface area contributed by atoms with Crippen LogP contribution in [0, 0.1) is 0 Å². The van der Waals surface area contributed by atoms with Crippen molar-refractivity contribution < 1.29 is 4.74 Å². The van der Waals surface area contributed by atoms with Crippen LogP contribution in [-0.2, 0) is 4.74 Å². The quantitative estimate of drug-likeness (QED) is 0.580. The van der Waals surface area contributed by atoms with E-state index in [1.165, 1.54) is 25.7 Å². The Morgan fingerprint density at radius 1 is 1.42 bits per heavy atom. The van der Waals surface area contributed by atoms with Crippen LogP contribution in [0.15, 0.2) is 4.99 Å². The van der Waals surface area contributed by atoms with Crippen LogP contribution in [0.3, 0.4) is 0 Å². The monoisotopic (exact) mass is 169 g/mol. The molecule has 2 nitrogen and oxygen atoms in total. The smallest absolute Gasteiger partial charge is 0.183 e. The molecule has 0 saturated carbocycles. The van der Waals surface area contributed by atoms with Gasteiger partial charge >= 0.3 is 0 Å². The molecule has 1 aliphatic rings. The van der Waals surface area contributed by atoms with Crippen molar-refractivity contribution in [3.8, 4) is 0 Å². The molecule has 1 aliphatic heterocycles. The highest BCUT2D eigenvalue weighted by molar-refractivity contribution is 5.77. The normalized spacial score (nSPS) is 22.2. The first-order valence-corrected chi connectivity index (χ1v) is 5.03. The average Bonchev–Trinajstić information content (AvgIpc) is 2.45. The van der Waals surface area contributed by atoms with Crippen molar-refractivity contribution in [1.29, 1.82) is 0 Å². The summed E-state index contributed by atoms with van der Waals surface area (Å²) < 4.78 is 5.49. The zero-order chi connectivity index (χ0) is 8.81. The summed E-state index contributed by atoms with van der Waals surface area (Å²) in [6, 6.07) is 0. The minimum absolute atomic E-state index is 0.325. The summed E-state index contributed by atoms with van der Waals surface area (Å²) in [6.45, 7) is 5.16. The van der Waals surface area contributed by atoms with Crippen LogP contribution in [0.2, 0.25) is 0 Å². The molecule has 1 heterocycles. The number of nitrogens with zero attached hydrogens (tertiary/aromatic N) is 1. The van der Waals surface area contributed by atoms with Gasteiger partial charge in [-0.2, -0.15) is 0 Å². The number of unbranched alkanes of at least 4 members (excludes halogenated alkanes) is 3. The first-order valence-electron chi connectivity index (χ1n) is 5.03. The van der Waals surface area contributed by atoms with Crippen molar-refractivity contribution in [2.45, 2.75) is 52.1 Å². The molecule has 0 saturated heterocycles. The molecule has 12 heavy (non-hydrogen) atoms. The molecule has 0 aromatic carbocycles. The van der Waals surface area contributed by atoms with E-state index in [2.05, 4.69) is 18.8 Å². The number of rotatable bonds is 5. The maximum Gasteiger partial charge on any atom is 0.183 e. The zero-order valence-corrected chi connectivity index (χ0v) is 8.18. The van der Waals surface area contributed by atoms with Gasteiger partial charge < -0.3 is 4.74 Å². The topological polar surface area (TPSA) is 21.6 Å². The minimum atomic E-state index is 0.325. The van der Waals surface area contributed by atoms with Gasteiger partial charge in [-0.1, -0.05) is 26.2 Å². The van der Waals surface area contributed by atoms with Crippen molar-refractivity contribution >= 4 is 5.90 Å². The highest BCUT2D eigenvalue weighted by Gasteiger charge is 2.13. The highest BCUT2D eigenvalue weighted by atomic mass is 16.5. The first kappa shape index (κ1) is 9.56. The molecular formula is C10H19NO. The second-order valence-corrected chi connectivity index (χ2v) is 3.47. The largest absolute Gasteiger partial charge is 0.476 e. The molecule has 0 aromatic heterocycles. The van der Waals surface area contributed by atoms with Gasteiger partial charge in [-0.25, -0.2) is 0 Å². The van der Waals surface area contributed by atoms with Crippen LogP contribution >= 0.6 is 0 Å². The third-order valence-electron chi connectivity index (χ3n) is 2.11. The van der Waals surface area contributed by atoms with E-state index in [1.807, 2.05) is 0 Å². The fourth-order valence-electron chi connectivity index (χ4n) is 1.38. The van der Waals surface area contributed by atoms with E-state index in [0.717, 1.165) is 18.9 Å². The van der Waals surface area contributed by atoms with E-state index in [-0.39, 0.29) is 0 Å². The molecule has 1 atom stereocenters. The van der Waals surface area contributed by atoms with Crippen molar-refractivity contribution in [1.82, 2.24) is 0 Å². The molecule has 0 fully saturated rings. The molecule has 2 heteroatoms. The van der Waals surface area contributed by atoms with Gasteiger partial charge in [0.2, 0.25) is 0 Å². The van der Waals surface area contributed by atoms with Crippen molar-refractivity contribution in [3.05, 3.63) is 0 Å². The van der Waals surface area contributed by atoms with E-state index >= 15 is 0 Å². The molecule has 0 N–H and O–H groups in total.